The Hall–Kier alpha value is -1.30. The number of nitrogens with two attached hydrogens (primary N) is 1. The van der Waals surface area contributed by atoms with Gasteiger partial charge in [-0.15, -0.1) is 0 Å². The van der Waals surface area contributed by atoms with E-state index >= 15 is 0 Å². The molecule has 2 unspecified atom stereocenters. The Morgan fingerprint density at radius 3 is 2.59 bits per heavy atom. The largest absolute Gasteiger partial charge is 0.409 e. The SMILES string of the molecule is CCCC(COC)NC(=O)C(CC)C(N)=NO. The van der Waals surface area contributed by atoms with Crippen molar-refractivity contribution in [1.82, 2.24) is 5.32 Å². The first-order valence-corrected chi connectivity index (χ1v) is 5.87. The molecule has 0 aromatic carbocycles. The highest BCUT2D eigenvalue weighted by atomic mass is 16.5. The number of amides is 1. The van der Waals surface area contributed by atoms with Gasteiger partial charge in [-0.3, -0.25) is 4.79 Å². The number of nitrogens with one attached hydrogen (secondary N) is 1. The summed E-state index contributed by atoms with van der Waals surface area (Å²) in [5.74, 6) is -0.868. The summed E-state index contributed by atoms with van der Waals surface area (Å²) in [5.41, 5.74) is 5.46. The topological polar surface area (TPSA) is 96.9 Å². The monoisotopic (exact) mass is 245 g/mol. The number of hydrogen-bond donors (Lipinski definition) is 3. The predicted octanol–water partition coefficient (Wildman–Crippen LogP) is 0.690. The van der Waals surface area contributed by atoms with E-state index in [-0.39, 0.29) is 17.8 Å². The van der Waals surface area contributed by atoms with Gasteiger partial charge in [0, 0.05) is 7.11 Å². The Bertz CT molecular complexity index is 250. The smallest absolute Gasteiger partial charge is 0.231 e. The van der Waals surface area contributed by atoms with Crippen LogP contribution in [0.3, 0.4) is 0 Å². The lowest BCUT2D eigenvalue weighted by atomic mass is 10.0. The molecule has 0 aliphatic heterocycles. The lowest BCUT2D eigenvalue weighted by molar-refractivity contribution is -0.124. The lowest BCUT2D eigenvalue weighted by Crippen LogP contribution is -2.45. The van der Waals surface area contributed by atoms with E-state index in [0.717, 1.165) is 12.8 Å². The zero-order valence-electron chi connectivity index (χ0n) is 10.8. The highest BCUT2D eigenvalue weighted by Crippen LogP contribution is 2.05. The van der Waals surface area contributed by atoms with Crippen LogP contribution in [0.15, 0.2) is 5.16 Å². The quantitative estimate of drug-likeness (QED) is 0.254. The van der Waals surface area contributed by atoms with Crippen molar-refractivity contribution in [2.24, 2.45) is 16.8 Å². The number of carbonyl (C=O) groups is 1. The van der Waals surface area contributed by atoms with Crippen molar-refractivity contribution in [2.75, 3.05) is 13.7 Å². The van der Waals surface area contributed by atoms with E-state index in [1.54, 1.807) is 7.11 Å². The Morgan fingerprint density at radius 2 is 2.18 bits per heavy atom. The minimum Gasteiger partial charge on any atom is -0.409 e. The van der Waals surface area contributed by atoms with E-state index in [1.165, 1.54) is 0 Å². The van der Waals surface area contributed by atoms with Gasteiger partial charge in [-0.05, 0) is 12.8 Å². The normalized spacial score (nSPS) is 15.4. The molecule has 0 spiro atoms. The predicted molar refractivity (Wildman–Crippen MR) is 65.9 cm³/mol. The molecule has 0 saturated carbocycles. The second-order valence-electron chi connectivity index (χ2n) is 3.94. The zero-order valence-corrected chi connectivity index (χ0v) is 10.8. The second kappa shape index (κ2) is 8.81. The molecule has 0 aromatic rings. The molecule has 0 saturated heterocycles. The van der Waals surface area contributed by atoms with Crippen molar-refractivity contribution < 1.29 is 14.7 Å². The molecule has 0 fully saturated rings. The third kappa shape index (κ3) is 5.53. The number of ether oxygens (including phenoxy) is 1. The fourth-order valence-electron chi connectivity index (χ4n) is 1.65. The molecule has 0 rings (SSSR count). The van der Waals surface area contributed by atoms with Crippen LogP contribution in [0.5, 0.6) is 0 Å². The van der Waals surface area contributed by atoms with Gasteiger partial charge in [-0.1, -0.05) is 25.4 Å². The Morgan fingerprint density at radius 1 is 1.53 bits per heavy atom. The van der Waals surface area contributed by atoms with Crippen LogP contribution in [-0.2, 0) is 9.53 Å². The maximum Gasteiger partial charge on any atom is 0.231 e. The van der Waals surface area contributed by atoms with Gasteiger partial charge >= 0.3 is 0 Å². The molecule has 17 heavy (non-hydrogen) atoms. The number of nitrogens with zero attached hydrogens (tertiary/aromatic N) is 1. The van der Waals surface area contributed by atoms with Crippen molar-refractivity contribution in [3.05, 3.63) is 0 Å². The van der Waals surface area contributed by atoms with Crippen molar-refractivity contribution in [1.29, 1.82) is 0 Å². The summed E-state index contributed by atoms with van der Waals surface area (Å²) < 4.78 is 5.03. The molecule has 0 aromatic heterocycles. The third-order valence-electron chi connectivity index (χ3n) is 2.55. The van der Waals surface area contributed by atoms with Crippen molar-refractivity contribution in [3.63, 3.8) is 0 Å². The van der Waals surface area contributed by atoms with Gasteiger partial charge in [0.15, 0.2) is 5.84 Å². The standard InChI is InChI=1S/C11H23N3O3/c1-4-6-8(7-17-3)13-11(15)9(5-2)10(12)14-16/h8-9,16H,4-7H2,1-3H3,(H2,12,14)(H,13,15). The van der Waals surface area contributed by atoms with Gasteiger partial charge in [0.2, 0.25) is 5.91 Å². The van der Waals surface area contributed by atoms with E-state index in [0.29, 0.717) is 13.0 Å². The van der Waals surface area contributed by atoms with Gasteiger partial charge < -0.3 is 21.0 Å². The Labute approximate surface area is 102 Å². The van der Waals surface area contributed by atoms with E-state index in [2.05, 4.69) is 10.5 Å². The minimum absolute atomic E-state index is 0.0296. The number of oxime groups is 1. The van der Waals surface area contributed by atoms with Crippen LogP contribution >= 0.6 is 0 Å². The number of hydrogen-bond acceptors (Lipinski definition) is 4. The van der Waals surface area contributed by atoms with Crippen LogP contribution in [0.1, 0.15) is 33.1 Å². The van der Waals surface area contributed by atoms with Crippen molar-refractivity contribution >= 4 is 11.7 Å². The molecule has 1 amide bonds. The summed E-state index contributed by atoms with van der Waals surface area (Å²) in [6.07, 6.45) is 2.29. The summed E-state index contributed by atoms with van der Waals surface area (Å²) in [6, 6.07) is -0.0296. The fourth-order valence-corrected chi connectivity index (χ4v) is 1.65. The number of methoxy groups -OCH3 is 1. The van der Waals surface area contributed by atoms with E-state index < -0.39 is 5.92 Å². The van der Waals surface area contributed by atoms with Gasteiger partial charge in [-0.25, -0.2) is 0 Å². The van der Waals surface area contributed by atoms with E-state index in [9.17, 15) is 4.79 Å². The first kappa shape index (κ1) is 15.7. The van der Waals surface area contributed by atoms with Crippen LogP contribution in [0, 0.1) is 5.92 Å². The molecule has 0 heterocycles. The van der Waals surface area contributed by atoms with Crippen LogP contribution in [0.25, 0.3) is 0 Å². The number of rotatable bonds is 8. The van der Waals surface area contributed by atoms with Gasteiger partial charge in [0.25, 0.3) is 0 Å². The van der Waals surface area contributed by atoms with Crippen molar-refractivity contribution in [3.8, 4) is 0 Å². The zero-order chi connectivity index (χ0) is 13.3. The van der Waals surface area contributed by atoms with Crippen LogP contribution in [0.4, 0.5) is 0 Å². The lowest BCUT2D eigenvalue weighted by Gasteiger charge is -2.20. The maximum atomic E-state index is 11.9. The highest BCUT2D eigenvalue weighted by molar-refractivity contribution is 6.02. The summed E-state index contributed by atoms with van der Waals surface area (Å²) in [4.78, 5) is 11.9. The molecule has 0 aliphatic rings. The molecular formula is C11H23N3O3. The van der Waals surface area contributed by atoms with Gasteiger partial charge in [0.05, 0.1) is 18.6 Å². The van der Waals surface area contributed by atoms with E-state index in [4.69, 9.17) is 15.7 Å². The first-order chi connectivity index (χ1) is 8.10. The second-order valence-corrected chi connectivity index (χ2v) is 3.94. The fraction of sp³-hybridized carbons (Fsp3) is 0.818. The number of carbonyl (C=O) groups excluding carboxylic acids is 1. The molecule has 0 bridgehead atoms. The van der Waals surface area contributed by atoms with Crippen molar-refractivity contribution in [2.45, 2.75) is 39.2 Å². The maximum absolute atomic E-state index is 11.9. The third-order valence-corrected chi connectivity index (χ3v) is 2.55. The molecule has 6 nitrogen and oxygen atoms in total. The summed E-state index contributed by atoms with van der Waals surface area (Å²) in [6.45, 7) is 4.31. The summed E-state index contributed by atoms with van der Waals surface area (Å²) in [5, 5.41) is 14.3. The molecular weight excluding hydrogens is 222 g/mol. The van der Waals surface area contributed by atoms with E-state index in [1.807, 2.05) is 13.8 Å². The van der Waals surface area contributed by atoms with Gasteiger partial charge in [-0.2, -0.15) is 0 Å². The highest BCUT2D eigenvalue weighted by Gasteiger charge is 2.23. The first-order valence-electron chi connectivity index (χ1n) is 5.87. The Kier molecular flexibility index (Phi) is 8.13. The van der Waals surface area contributed by atoms with Crippen LogP contribution in [0.2, 0.25) is 0 Å². The average molecular weight is 245 g/mol. The minimum atomic E-state index is -0.587. The summed E-state index contributed by atoms with van der Waals surface area (Å²) in [7, 11) is 1.59. The molecule has 2 atom stereocenters. The molecule has 0 radical (unpaired) electrons. The molecule has 4 N–H and O–H groups in total. The molecule has 6 heteroatoms. The van der Waals surface area contributed by atoms with Gasteiger partial charge in [0.1, 0.15) is 0 Å². The summed E-state index contributed by atoms with van der Waals surface area (Å²) >= 11 is 0. The average Bonchev–Trinajstić information content (AvgIpc) is 2.30. The number of amidine groups is 1. The van der Waals surface area contributed by atoms with Crippen LogP contribution < -0.4 is 11.1 Å². The Balaban J connectivity index is 4.45. The molecule has 100 valence electrons. The molecule has 0 aliphatic carbocycles. The van der Waals surface area contributed by atoms with Crippen LogP contribution in [-0.4, -0.2) is 36.7 Å².